The SMILES string of the molecule is COCC(=O)Nc1nc(-c2cc(F)ccc2F)cs1. The smallest absolute Gasteiger partial charge is 0.252 e. The van der Waals surface area contributed by atoms with Gasteiger partial charge in [0.05, 0.1) is 5.69 Å². The fourth-order valence-electron chi connectivity index (χ4n) is 1.44. The first-order valence-electron chi connectivity index (χ1n) is 5.30. The van der Waals surface area contributed by atoms with Gasteiger partial charge in [-0.25, -0.2) is 13.8 Å². The molecule has 19 heavy (non-hydrogen) atoms. The summed E-state index contributed by atoms with van der Waals surface area (Å²) in [5.74, 6) is -1.47. The van der Waals surface area contributed by atoms with Crippen LogP contribution in [-0.2, 0) is 9.53 Å². The van der Waals surface area contributed by atoms with Crippen LogP contribution in [0.5, 0.6) is 0 Å². The van der Waals surface area contributed by atoms with E-state index in [4.69, 9.17) is 0 Å². The van der Waals surface area contributed by atoms with Crippen LogP contribution in [0.3, 0.4) is 0 Å². The Bertz CT molecular complexity index is 601. The van der Waals surface area contributed by atoms with Crippen LogP contribution in [0.1, 0.15) is 0 Å². The number of carbonyl (C=O) groups excluding carboxylic acids is 1. The third-order valence-electron chi connectivity index (χ3n) is 2.23. The van der Waals surface area contributed by atoms with E-state index < -0.39 is 11.6 Å². The van der Waals surface area contributed by atoms with Crippen molar-refractivity contribution in [1.29, 1.82) is 0 Å². The number of rotatable bonds is 4. The number of carbonyl (C=O) groups is 1. The van der Waals surface area contributed by atoms with Crippen molar-refractivity contribution in [3.8, 4) is 11.3 Å². The van der Waals surface area contributed by atoms with E-state index in [0.29, 0.717) is 5.13 Å². The molecule has 0 aliphatic heterocycles. The number of halogens is 2. The van der Waals surface area contributed by atoms with Gasteiger partial charge in [0.25, 0.3) is 5.91 Å². The summed E-state index contributed by atoms with van der Waals surface area (Å²) in [6.45, 7) is -0.0940. The molecule has 0 atom stereocenters. The molecule has 1 aromatic carbocycles. The number of benzene rings is 1. The highest BCUT2D eigenvalue weighted by Crippen LogP contribution is 2.27. The fraction of sp³-hybridized carbons (Fsp3) is 0.167. The first-order valence-corrected chi connectivity index (χ1v) is 6.18. The summed E-state index contributed by atoms with van der Waals surface area (Å²) in [5.41, 5.74) is 0.332. The minimum atomic E-state index is -0.568. The number of hydrogen-bond donors (Lipinski definition) is 1. The summed E-state index contributed by atoms with van der Waals surface area (Å²) >= 11 is 1.13. The lowest BCUT2D eigenvalue weighted by atomic mass is 10.1. The highest BCUT2D eigenvalue weighted by Gasteiger charge is 2.12. The van der Waals surface area contributed by atoms with Crippen molar-refractivity contribution in [2.45, 2.75) is 0 Å². The lowest BCUT2D eigenvalue weighted by molar-refractivity contribution is -0.119. The average molecular weight is 284 g/mol. The van der Waals surface area contributed by atoms with Crippen LogP contribution < -0.4 is 5.32 Å². The maximum Gasteiger partial charge on any atom is 0.252 e. The topological polar surface area (TPSA) is 51.2 Å². The molecule has 1 aromatic heterocycles. The Hall–Kier alpha value is -1.86. The molecular weight excluding hydrogens is 274 g/mol. The van der Waals surface area contributed by atoms with Gasteiger partial charge in [-0.1, -0.05) is 0 Å². The number of anilines is 1. The predicted molar refractivity (Wildman–Crippen MR) is 68.0 cm³/mol. The lowest BCUT2D eigenvalue weighted by Crippen LogP contribution is -2.16. The summed E-state index contributed by atoms with van der Waals surface area (Å²) in [6, 6.07) is 3.13. The van der Waals surface area contributed by atoms with E-state index in [9.17, 15) is 13.6 Å². The number of nitrogens with one attached hydrogen (secondary N) is 1. The molecule has 0 unspecified atom stereocenters. The van der Waals surface area contributed by atoms with Crippen molar-refractivity contribution in [3.63, 3.8) is 0 Å². The quantitative estimate of drug-likeness (QED) is 0.939. The average Bonchev–Trinajstić information content (AvgIpc) is 2.81. The van der Waals surface area contributed by atoms with Gasteiger partial charge in [0.15, 0.2) is 5.13 Å². The van der Waals surface area contributed by atoms with Crippen LogP contribution in [0.25, 0.3) is 11.3 Å². The first-order chi connectivity index (χ1) is 9.10. The standard InChI is InChI=1S/C12H10F2N2O2S/c1-18-5-11(17)16-12-15-10(6-19-12)8-4-7(13)2-3-9(8)14/h2-4,6H,5H2,1H3,(H,15,16,17). The van der Waals surface area contributed by atoms with Crippen LogP contribution in [0, 0.1) is 11.6 Å². The van der Waals surface area contributed by atoms with Crippen LogP contribution in [-0.4, -0.2) is 24.6 Å². The molecule has 0 radical (unpaired) electrons. The van der Waals surface area contributed by atoms with Gasteiger partial charge in [0, 0.05) is 18.1 Å². The first kappa shape index (κ1) is 13.6. The Morgan fingerprint density at radius 1 is 1.47 bits per heavy atom. The summed E-state index contributed by atoms with van der Waals surface area (Å²) < 4.78 is 31.3. The number of amides is 1. The second-order valence-corrected chi connectivity index (χ2v) is 4.50. The zero-order chi connectivity index (χ0) is 13.8. The van der Waals surface area contributed by atoms with Gasteiger partial charge in [0.1, 0.15) is 18.2 Å². The van der Waals surface area contributed by atoms with E-state index in [1.54, 1.807) is 5.38 Å². The van der Waals surface area contributed by atoms with Gasteiger partial charge in [-0.05, 0) is 18.2 Å². The molecule has 0 saturated heterocycles. The second-order valence-electron chi connectivity index (χ2n) is 3.64. The Morgan fingerprint density at radius 2 is 2.26 bits per heavy atom. The van der Waals surface area contributed by atoms with E-state index >= 15 is 0 Å². The highest BCUT2D eigenvalue weighted by atomic mass is 32.1. The molecule has 0 aliphatic rings. The Kier molecular flexibility index (Phi) is 4.18. The van der Waals surface area contributed by atoms with Crippen LogP contribution in [0.15, 0.2) is 23.6 Å². The molecule has 0 bridgehead atoms. The van der Waals surface area contributed by atoms with Crippen LogP contribution >= 0.6 is 11.3 Å². The molecule has 1 amide bonds. The molecule has 4 nitrogen and oxygen atoms in total. The van der Waals surface area contributed by atoms with Gasteiger partial charge in [-0.3, -0.25) is 10.1 Å². The third-order valence-corrected chi connectivity index (χ3v) is 2.99. The van der Waals surface area contributed by atoms with Gasteiger partial charge >= 0.3 is 0 Å². The molecule has 0 aliphatic carbocycles. The fourth-order valence-corrected chi connectivity index (χ4v) is 2.16. The molecule has 1 N–H and O–H groups in total. The van der Waals surface area contributed by atoms with Gasteiger partial charge in [0.2, 0.25) is 0 Å². The minimum Gasteiger partial charge on any atom is -0.375 e. The van der Waals surface area contributed by atoms with Crippen molar-refractivity contribution in [2.75, 3.05) is 19.0 Å². The van der Waals surface area contributed by atoms with E-state index in [-0.39, 0.29) is 23.8 Å². The van der Waals surface area contributed by atoms with Crippen molar-refractivity contribution in [3.05, 3.63) is 35.2 Å². The van der Waals surface area contributed by atoms with Gasteiger partial charge in [-0.2, -0.15) is 0 Å². The number of aromatic nitrogens is 1. The maximum absolute atomic E-state index is 13.5. The van der Waals surface area contributed by atoms with Gasteiger partial charge in [-0.15, -0.1) is 11.3 Å². The van der Waals surface area contributed by atoms with E-state index in [2.05, 4.69) is 15.0 Å². The van der Waals surface area contributed by atoms with Crippen molar-refractivity contribution < 1.29 is 18.3 Å². The maximum atomic E-state index is 13.5. The van der Waals surface area contributed by atoms with Crippen molar-refractivity contribution in [1.82, 2.24) is 4.98 Å². The third kappa shape index (κ3) is 3.33. The van der Waals surface area contributed by atoms with Crippen LogP contribution in [0.2, 0.25) is 0 Å². The molecule has 0 saturated carbocycles. The minimum absolute atomic E-state index is 0.0588. The summed E-state index contributed by atoms with van der Waals surface area (Å²) in [6.07, 6.45) is 0. The Balaban J connectivity index is 2.21. The van der Waals surface area contributed by atoms with E-state index in [1.165, 1.54) is 7.11 Å². The summed E-state index contributed by atoms with van der Waals surface area (Å²) in [4.78, 5) is 15.3. The summed E-state index contributed by atoms with van der Waals surface area (Å²) in [7, 11) is 1.40. The van der Waals surface area contributed by atoms with Crippen molar-refractivity contribution >= 4 is 22.4 Å². The molecule has 2 aromatic rings. The molecule has 0 fully saturated rings. The molecule has 100 valence electrons. The molecule has 7 heteroatoms. The molecule has 0 spiro atoms. The van der Waals surface area contributed by atoms with Crippen LogP contribution in [0.4, 0.5) is 13.9 Å². The molecule has 2 rings (SSSR count). The molecular formula is C12H10F2N2O2S. The molecule has 1 heterocycles. The van der Waals surface area contributed by atoms with Crippen molar-refractivity contribution in [2.24, 2.45) is 0 Å². The lowest BCUT2D eigenvalue weighted by Gasteiger charge is -2.00. The largest absolute Gasteiger partial charge is 0.375 e. The Labute approximate surface area is 112 Å². The number of nitrogens with zero attached hydrogens (tertiary/aromatic N) is 1. The van der Waals surface area contributed by atoms with Gasteiger partial charge < -0.3 is 4.74 Å². The zero-order valence-electron chi connectivity index (χ0n) is 9.94. The predicted octanol–water partition coefficient (Wildman–Crippen LogP) is 2.67. The second kappa shape index (κ2) is 5.85. The normalized spacial score (nSPS) is 10.5. The highest BCUT2D eigenvalue weighted by molar-refractivity contribution is 7.14. The number of ether oxygens (including phenoxy) is 1. The van der Waals surface area contributed by atoms with E-state index in [0.717, 1.165) is 29.5 Å². The monoisotopic (exact) mass is 284 g/mol. The number of thiazole rings is 1. The van der Waals surface area contributed by atoms with E-state index in [1.807, 2.05) is 0 Å². The zero-order valence-corrected chi connectivity index (χ0v) is 10.8. The summed E-state index contributed by atoms with van der Waals surface area (Å²) in [5, 5.41) is 4.34. The number of hydrogen-bond acceptors (Lipinski definition) is 4. The number of methoxy groups -OCH3 is 1. The Morgan fingerprint density at radius 3 is 3.00 bits per heavy atom.